The molecule has 0 aliphatic carbocycles. The van der Waals surface area contributed by atoms with E-state index in [-0.39, 0.29) is 12.1 Å². The van der Waals surface area contributed by atoms with Gasteiger partial charge in [0.1, 0.15) is 0 Å². The Morgan fingerprint density at radius 2 is 2.44 bits per heavy atom. The number of nitrogens with zero attached hydrogens (tertiary/aromatic N) is 6. The maximum Gasteiger partial charge on any atom is 0.260 e. The maximum atomic E-state index is 7.77. The minimum atomic E-state index is 0. The highest BCUT2D eigenvalue weighted by molar-refractivity contribution is 5.04. The Morgan fingerprint density at radius 3 is 2.89 bits per heavy atom. The fraction of sp³-hybridized carbons (Fsp3) is 0. The van der Waals surface area contributed by atoms with Crippen LogP contribution in [0.5, 0.6) is 0 Å². The lowest BCUT2D eigenvalue weighted by atomic mass is 11.1. The van der Waals surface area contributed by atoms with Gasteiger partial charge in [-0.2, -0.15) is 5.21 Å². The molecule has 1 aromatic heterocycles. The topological polar surface area (TPSA) is 138 Å². The van der Waals surface area contributed by atoms with Crippen molar-refractivity contribution in [2.24, 2.45) is 5.11 Å². The molecule has 1 rings (SSSR count). The van der Waals surface area contributed by atoms with E-state index in [0.717, 1.165) is 0 Å². The lowest BCUT2D eigenvalue weighted by molar-refractivity contribution is 0.881. The molecule has 0 spiro atoms. The molecule has 0 saturated carbocycles. The van der Waals surface area contributed by atoms with Crippen molar-refractivity contribution in [1.82, 2.24) is 26.8 Å². The van der Waals surface area contributed by atoms with Gasteiger partial charge in [-0.15, -0.1) is 10.2 Å². The van der Waals surface area contributed by atoms with Crippen LogP contribution in [0, 0.1) is 0 Å². The first-order valence-electron chi connectivity index (χ1n) is 1.72. The van der Waals surface area contributed by atoms with Gasteiger partial charge in [-0.05, 0) is 15.9 Å². The maximum absolute atomic E-state index is 7.77. The van der Waals surface area contributed by atoms with E-state index >= 15 is 0 Å². The third kappa shape index (κ3) is 1.72. The van der Waals surface area contributed by atoms with E-state index in [0.29, 0.717) is 0 Å². The van der Waals surface area contributed by atoms with Gasteiger partial charge in [-0.1, -0.05) is 0 Å². The lowest BCUT2D eigenvalue weighted by Crippen LogP contribution is -1.64. The quantitative estimate of drug-likeness (QED) is 0.319. The van der Waals surface area contributed by atoms with Crippen molar-refractivity contribution in [3.8, 4) is 0 Å². The zero-order chi connectivity index (χ0) is 5.82. The molecule has 0 unspecified atom stereocenters. The van der Waals surface area contributed by atoms with E-state index in [9.17, 15) is 0 Å². The monoisotopic (exact) mass is 128 g/mol. The van der Waals surface area contributed by atoms with Gasteiger partial charge < -0.3 is 6.15 Å². The first-order valence-corrected chi connectivity index (χ1v) is 1.72. The predicted molar refractivity (Wildman–Crippen MR) is 28.0 cm³/mol. The average Bonchev–Trinajstić information content (AvgIpc) is 2.19. The molecule has 0 aromatic carbocycles. The molecular weight excluding hydrogens is 124 g/mol. The SMILES string of the molecule is N.[N-]=[N+]=Nc1nn[nH]n1. The first-order chi connectivity index (χ1) is 3.93. The summed E-state index contributed by atoms with van der Waals surface area (Å²) >= 11 is 0. The van der Waals surface area contributed by atoms with Crippen molar-refractivity contribution in [3.63, 3.8) is 0 Å². The van der Waals surface area contributed by atoms with Crippen molar-refractivity contribution in [2.45, 2.75) is 0 Å². The van der Waals surface area contributed by atoms with Crippen molar-refractivity contribution in [1.29, 1.82) is 0 Å². The van der Waals surface area contributed by atoms with Gasteiger partial charge >= 0.3 is 0 Å². The van der Waals surface area contributed by atoms with Crippen LogP contribution in [0.3, 0.4) is 0 Å². The van der Waals surface area contributed by atoms with Crippen LogP contribution in [0.1, 0.15) is 0 Å². The van der Waals surface area contributed by atoms with Crippen LogP contribution in [0.25, 0.3) is 10.4 Å². The van der Waals surface area contributed by atoms with Crippen molar-refractivity contribution in [2.75, 3.05) is 0 Å². The molecule has 48 valence electrons. The van der Waals surface area contributed by atoms with Gasteiger partial charge in [0.05, 0.1) is 0 Å². The summed E-state index contributed by atoms with van der Waals surface area (Å²) in [5.74, 6) is 0.00694. The summed E-state index contributed by atoms with van der Waals surface area (Å²) in [5, 5.41) is 15.0. The highest BCUT2D eigenvalue weighted by atomic mass is 15.5. The molecule has 0 saturated heterocycles. The molecule has 0 amide bonds. The smallest absolute Gasteiger partial charge is 0.260 e. The normalized spacial score (nSPS) is 7.11. The Hall–Kier alpha value is -1.66. The van der Waals surface area contributed by atoms with E-state index in [1.54, 1.807) is 0 Å². The number of H-pyrrole nitrogens is 1. The minimum Gasteiger partial charge on any atom is -0.344 e. The molecule has 9 heavy (non-hydrogen) atoms. The summed E-state index contributed by atoms with van der Waals surface area (Å²) in [5.41, 5.74) is 7.77. The molecule has 1 heterocycles. The van der Waals surface area contributed by atoms with Crippen LogP contribution in [0.15, 0.2) is 5.11 Å². The van der Waals surface area contributed by atoms with Crippen LogP contribution >= 0.6 is 0 Å². The van der Waals surface area contributed by atoms with Gasteiger partial charge in [-0.3, -0.25) is 0 Å². The highest BCUT2D eigenvalue weighted by Crippen LogP contribution is 1.94. The number of hydrogen-bond donors (Lipinski definition) is 2. The summed E-state index contributed by atoms with van der Waals surface area (Å²) in [4.78, 5) is 2.42. The molecule has 0 atom stereocenters. The van der Waals surface area contributed by atoms with E-state index in [1.807, 2.05) is 0 Å². The Bertz CT molecular complexity index is 190. The molecule has 0 bridgehead atoms. The van der Waals surface area contributed by atoms with Crippen molar-refractivity contribution >= 4 is 5.95 Å². The van der Waals surface area contributed by atoms with Crippen LogP contribution in [0.4, 0.5) is 5.95 Å². The second kappa shape index (κ2) is 3.36. The first kappa shape index (κ1) is 7.34. The van der Waals surface area contributed by atoms with E-state index in [4.69, 9.17) is 5.53 Å². The second-order valence-corrected chi connectivity index (χ2v) is 0.901. The second-order valence-electron chi connectivity index (χ2n) is 0.901. The minimum absolute atomic E-state index is 0. The van der Waals surface area contributed by atoms with Crippen molar-refractivity contribution < 1.29 is 0 Å². The molecule has 4 N–H and O–H groups in total. The molecule has 1 aromatic rings. The van der Waals surface area contributed by atoms with Gasteiger partial charge in [0.15, 0.2) is 0 Å². The predicted octanol–water partition coefficient (Wildman–Crippen LogP) is 0.303. The fourth-order valence-electron chi connectivity index (χ4n) is 0.239. The zero-order valence-corrected chi connectivity index (χ0v) is 4.39. The fourth-order valence-corrected chi connectivity index (χ4v) is 0.239. The average molecular weight is 128 g/mol. The summed E-state index contributed by atoms with van der Waals surface area (Å²) in [6, 6.07) is 0. The number of azide groups is 1. The highest BCUT2D eigenvalue weighted by Gasteiger charge is 1.86. The molecular formula is CH4N8. The van der Waals surface area contributed by atoms with Crippen LogP contribution in [-0.4, -0.2) is 20.6 Å². The number of aromatic amines is 1. The van der Waals surface area contributed by atoms with Crippen LogP contribution in [-0.2, 0) is 0 Å². The summed E-state index contributed by atoms with van der Waals surface area (Å²) in [6.45, 7) is 0. The van der Waals surface area contributed by atoms with Crippen LogP contribution in [0.2, 0.25) is 0 Å². The molecule has 0 aliphatic rings. The van der Waals surface area contributed by atoms with Gasteiger partial charge in [0.2, 0.25) is 0 Å². The lowest BCUT2D eigenvalue weighted by Gasteiger charge is -1.63. The van der Waals surface area contributed by atoms with Crippen molar-refractivity contribution in [3.05, 3.63) is 10.4 Å². The Labute approximate surface area is 49.5 Å². The number of tetrazole rings is 1. The summed E-state index contributed by atoms with van der Waals surface area (Å²) in [7, 11) is 0. The molecule has 0 aliphatic heterocycles. The number of nitrogens with one attached hydrogen (secondary N) is 1. The Balaban J connectivity index is 0.000000640. The van der Waals surface area contributed by atoms with Gasteiger partial charge in [0, 0.05) is 4.91 Å². The number of aromatic nitrogens is 4. The largest absolute Gasteiger partial charge is 0.344 e. The van der Waals surface area contributed by atoms with E-state index in [1.165, 1.54) is 0 Å². The van der Waals surface area contributed by atoms with Crippen LogP contribution < -0.4 is 6.15 Å². The summed E-state index contributed by atoms with van der Waals surface area (Å²) in [6.07, 6.45) is 0. The molecule has 0 fully saturated rings. The van der Waals surface area contributed by atoms with Gasteiger partial charge in [-0.25, -0.2) is 0 Å². The third-order valence-electron chi connectivity index (χ3n) is 0.468. The van der Waals surface area contributed by atoms with E-state index < -0.39 is 0 Å². The number of hydrogen-bond acceptors (Lipinski definition) is 5. The third-order valence-corrected chi connectivity index (χ3v) is 0.468. The summed E-state index contributed by atoms with van der Waals surface area (Å²) < 4.78 is 0. The van der Waals surface area contributed by atoms with Gasteiger partial charge in [0.25, 0.3) is 5.95 Å². The zero-order valence-electron chi connectivity index (χ0n) is 4.39. The molecule has 8 nitrogen and oxygen atoms in total. The Kier molecular flexibility index (Phi) is 2.74. The molecule has 8 heteroatoms. The Morgan fingerprint density at radius 1 is 1.67 bits per heavy atom. The standard InChI is InChI=1S/CHN7.H3N/c2-6-3-1-4-7-8-5-1;/h(H,4,5,7,8);1H3. The molecule has 0 radical (unpaired) electrons. The number of rotatable bonds is 1. The van der Waals surface area contributed by atoms with E-state index in [2.05, 4.69) is 30.7 Å².